The Morgan fingerprint density at radius 2 is 1.78 bits per heavy atom. The summed E-state index contributed by atoms with van der Waals surface area (Å²) in [5.41, 5.74) is 7.44. The van der Waals surface area contributed by atoms with Gasteiger partial charge in [0, 0.05) is 25.2 Å². The Labute approximate surface area is 109 Å². The van der Waals surface area contributed by atoms with Crippen LogP contribution in [-0.4, -0.2) is 35.2 Å². The quantitative estimate of drug-likeness (QED) is 0.843. The minimum Gasteiger partial charge on any atom is -0.394 e. The van der Waals surface area contributed by atoms with Gasteiger partial charge in [-0.05, 0) is 30.2 Å². The molecule has 1 aliphatic heterocycles. The van der Waals surface area contributed by atoms with E-state index in [-0.39, 0.29) is 12.1 Å². The third kappa shape index (κ3) is 1.96. The fraction of sp³-hybridized carbons (Fsp3) is 0.600. The molecule has 2 fully saturated rings. The van der Waals surface area contributed by atoms with Crippen LogP contribution in [0.1, 0.15) is 18.4 Å². The minimum absolute atomic E-state index is 0.140. The highest BCUT2D eigenvalue weighted by Crippen LogP contribution is 2.43. The van der Waals surface area contributed by atoms with E-state index < -0.39 is 0 Å². The van der Waals surface area contributed by atoms with E-state index in [2.05, 4.69) is 35.2 Å². The summed E-state index contributed by atoms with van der Waals surface area (Å²) >= 11 is 0. The van der Waals surface area contributed by atoms with Crippen LogP contribution >= 0.6 is 0 Å². The van der Waals surface area contributed by atoms with E-state index in [1.54, 1.807) is 0 Å². The average molecular weight is 246 g/mol. The van der Waals surface area contributed by atoms with Gasteiger partial charge in [-0.3, -0.25) is 4.90 Å². The molecule has 0 aromatic heterocycles. The lowest BCUT2D eigenvalue weighted by Crippen LogP contribution is -2.61. The summed E-state index contributed by atoms with van der Waals surface area (Å²) in [4.78, 5) is 2.50. The number of aliphatic hydroxyl groups is 1. The number of nitrogens with zero attached hydrogens (tertiary/aromatic N) is 1. The van der Waals surface area contributed by atoms with Crippen LogP contribution in [-0.2, 0) is 6.54 Å². The number of likely N-dealkylation sites (tertiary alicyclic amines) is 1. The molecule has 1 aromatic rings. The van der Waals surface area contributed by atoms with Crippen molar-refractivity contribution in [3.63, 3.8) is 0 Å². The van der Waals surface area contributed by atoms with Crippen molar-refractivity contribution in [2.24, 2.45) is 17.6 Å². The highest BCUT2D eigenvalue weighted by atomic mass is 16.3. The maximum Gasteiger partial charge on any atom is 0.0617 e. The van der Waals surface area contributed by atoms with Crippen LogP contribution in [0.25, 0.3) is 0 Å². The molecule has 3 N–H and O–H groups in total. The lowest BCUT2D eigenvalue weighted by atomic mass is 9.78. The minimum atomic E-state index is -0.312. The molecule has 1 saturated carbocycles. The van der Waals surface area contributed by atoms with Crippen molar-refractivity contribution in [2.45, 2.75) is 24.9 Å². The van der Waals surface area contributed by atoms with Crippen molar-refractivity contribution in [2.75, 3.05) is 19.7 Å². The average Bonchev–Trinajstić information content (AvgIpc) is 2.59. The highest BCUT2D eigenvalue weighted by Gasteiger charge is 2.50. The number of piperidine rings is 1. The van der Waals surface area contributed by atoms with Crippen LogP contribution in [0, 0.1) is 11.8 Å². The van der Waals surface area contributed by atoms with Gasteiger partial charge in [0.05, 0.1) is 6.61 Å². The molecular formula is C15H22N2O. The molecule has 2 atom stereocenters. The van der Waals surface area contributed by atoms with Gasteiger partial charge in [-0.2, -0.15) is 0 Å². The zero-order chi connectivity index (χ0) is 12.6. The molecule has 1 aliphatic carbocycles. The van der Waals surface area contributed by atoms with Crippen LogP contribution in [0.2, 0.25) is 0 Å². The Balaban J connectivity index is 1.69. The van der Waals surface area contributed by atoms with Gasteiger partial charge in [0.15, 0.2) is 0 Å². The Hall–Kier alpha value is -0.900. The lowest BCUT2D eigenvalue weighted by Gasteiger charge is -2.44. The molecule has 2 aliphatic rings. The smallest absolute Gasteiger partial charge is 0.0617 e. The molecule has 3 rings (SSSR count). The van der Waals surface area contributed by atoms with Crippen LogP contribution in [0.4, 0.5) is 0 Å². The first-order valence-corrected chi connectivity index (χ1v) is 6.88. The van der Waals surface area contributed by atoms with Gasteiger partial charge >= 0.3 is 0 Å². The first-order chi connectivity index (χ1) is 8.72. The first-order valence-electron chi connectivity index (χ1n) is 6.88. The van der Waals surface area contributed by atoms with Crippen LogP contribution in [0.5, 0.6) is 0 Å². The largest absolute Gasteiger partial charge is 0.394 e. The monoisotopic (exact) mass is 246 g/mol. The Morgan fingerprint density at radius 1 is 1.17 bits per heavy atom. The Kier molecular flexibility index (Phi) is 3.14. The lowest BCUT2D eigenvalue weighted by molar-refractivity contribution is 0.0372. The molecule has 1 heterocycles. The zero-order valence-corrected chi connectivity index (χ0v) is 10.8. The summed E-state index contributed by atoms with van der Waals surface area (Å²) in [6, 6.07) is 10.6. The normalized spacial score (nSPS) is 35.9. The SMILES string of the molecule is NC1(CO)C2CCC1CN(Cc1ccccc1)C2. The molecule has 98 valence electrons. The molecule has 1 saturated heterocycles. The van der Waals surface area contributed by atoms with Crippen LogP contribution in [0.15, 0.2) is 30.3 Å². The van der Waals surface area contributed by atoms with E-state index in [1.165, 1.54) is 18.4 Å². The summed E-state index contributed by atoms with van der Waals surface area (Å²) in [5, 5.41) is 9.56. The Morgan fingerprint density at radius 3 is 2.33 bits per heavy atom. The van der Waals surface area contributed by atoms with Gasteiger partial charge in [-0.15, -0.1) is 0 Å². The second kappa shape index (κ2) is 4.65. The third-order valence-electron chi connectivity index (χ3n) is 4.86. The van der Waals surface area contributed by atoms with Gasteiger partial charge < -0.3 is 10.8 Å². The number of rotatable bonds is 3. The van der Waals surface area contributed by atoms with Gasteiger partial charge in [-0.25, -0.2) is 0 Å². The van der Waals surface area contributed by atoms with E-state index in [4.69, 9.17) is 5.73 Å². The van der Waals surface area contributed by atoms with E-state index in [9.17, 15) is 5.11 Å². The highest BCUT2D eigenvalue weighted by molar-refractivity contribution is 5.15. The molecule has 1 aromatic carbocycles. The summed E-state index contributed by atoms with van der Waals surface area (Å²) in [5.74, 6) is 0.926. The molecule has 2 unspecified atom stereocenters. The molecule has 0 spiro atoms. The maximum absolute atomic E-state index is 9.56. The summed E-state index contributed by atoms with van der Waals surface area (Å²) in [6.45, 7) is 3.21. The maximum atomic E-state index is 9.56. The fourth-order valence-electron chi connectivity index (χ4n) is 3.72. The zero-order valence-electron chi connectivity index (χ0n) is 10.8. The van der Waals surface area contributed by atoms with Crippen molar-refractivity contribution in [3.05, 3.63) is 35.9 Å². The standard InChI is InChI=1S/C15H22N2O/c16-15(11-18)13-6-7-14(15)10-17(9-13)8-12-4-2-1-3-5-12/h1-5,13-14,18H,6-11,16H2. The molecule has 0 radical (unpaired) electrons. The third-order valence-corrected chi connectivity index (χ3v) is 4.86. The van der Waals surface area contributed by atoms with Gasteiger partial charge in [-0.1, -0.05) is 30.3 Å². The van der Waals surface area contributed by atoms with Crippen LogP contribution in [0.3, 0.4) is 0 Å². The second-order valence-electron chi connectivity index (χ2n) is 5.92. The number of benzene rings is 1. The first kappa shape index (κ1) is 12.2. The Bertz CT molecular complexity index is 392. The van der Waals surface area contributed by atoms with Crippen molar-refractivity contribution in [1.29, 1.82) is 0 Å². The van der Waals surface area contributed by atoms with Crippen molar-refractivity contribution in [1.82, 2.24) is 4.90 Å². The molecular weight excluding hydrogens is 224 g/mol. The number of nitrogens with two attached hydrogens (primary N) is 1. The van der Waals surface area contributed by atoms with E-state index >= 15 is 0 Å². The topological polar surface area (TPSA) is 49.5 Å². The van der Waals surface area contributed by atoms with Crippen molar-refractivity contribution in [3.8, 4) is 0 Å². The molecule has 3 heteroatoms. The molecule has 18 heavy (non-hydrogen) atoms. The van der Waals surface area contributed by atoms with Gasteiger partial charge in [0.2, 0.25) is 0 Å². The fourth-order valence-corrected chi connectivity index (χ4v) is 3.72. The van der Waals surface area contributed by atoms with Gasteiger partial charge in [0.1, 0.15) is 0 Å². The van der Waals surface area contributed by atoms with Gasteiger partial charge in [0.25, 0.3) is 0 Å². The predicted octanol–water partition coefficient (Wildman–Crippen LogP) is 1.22. The predicted molar refractivity (Wildman–Crippen MR) is 71.9 cm³/mol. The molecule has 2 bridgehead atoms. The van der Waals surface area contributed by atoms with Crippen molar-refractivity contribution >= 4 is 0 Å². The molecule has 3 nitrogen and oxygen atoms in total. The van der Waals surface area contributed by atoms with Crippen molar-refractivity contribution < 1.29 is 5.11 Å². The number of aliphatic hydroxyl groups excluding tert-OH is 1. The number of hydrogen-bond acceptors (Lipinski definition) is 3. The number of hydrogen-bond donors (Lipinski definition) is 2. The molecule has 0 amide bonds. The van der Waals surface area contributed by atoms with E-state index in [1.807, 2.05) is 0 Å². The second-order valence-corrected chi connectivity index (χ2v) is 5.92. The van der Waals surface area contributed by atoms with E-state index in [0.717, 1.165) is 19.6 Å². The van der Waals surface area contributed by atoms with Crippen LogP contribution < -0.4 is 5.73 Å². The summed E-state index contributed by atoms with van der Waals surface area (Å²) in [7, 11) is 0. The number of fused-ring (bicyclic) bond motifs is 2. The van der Waals surface area contributed by atoms with E-state index in [0.29, 0.717) is 11.8 Å². The summed E-state index contributed by atoms with van der Waals surface area (Å²) in [6.07, 6.45) is 2.35. The summed E-state index contributed by atoms with van der Waals surface area (Å²) < 4.78 is 0.